The van der Waals surface area contributed by atoms with Gasteiger partial charge in [-0.25, -0.2) is 0 Å². The second-order valence-corrected chi connectivity index (χ2v) is 4.65. The van der Waals surface area contributed by atoms with Crippen molar-refractivity contribution in [3.05, 3.63) is 11.7 Å². The molecule has 0 aromatic carbocycles. The van der Waals surface area contributed by atoms with E-state index >= 15 is 0 Å². The Hall–Kier alpha value is -0.940. The molecule has 1 aliphatic heterocycles. The molecule has 0 spiro atoms. The Morgan fingerprint density at radius 3 is 2.62 bits per heavy atom. The third kappa shape index (κ3) is 2.41. The molecule has 2 N–H and O–H groups in total. The summed E-state index contributed by atoms with van der Waals surface area (Å²) in [6.45, 7) is 5.65. The van der Waals surface area contributed by atoms with E-state index in [0.29, 0.717) is 17.7 Å². The zero-order valence-corrected chi connectivity index (χ0v) is 9.85. The molecule has 0 aliphatic carbocycles. The third-order valence-electron chi connectivity index (χ3n) is 3.05. The highest BCUT2D eigenvalue weighted by Crippen LogP contribution is 2.26. The van der Waals surface area contributed by atoms with E-state index in [1.165, 1.54) is 0 Å². The normalized spacial score (nSPS) is 20.2. The van der Waals surface area contributed by atoms with Crippen molar-refractivity contribution >= 4 is 0 Å². The lowest BCUT2D eigenvalue weighted by atomic mass is 10.00. The molecule has 1 aromatic heterocycles. The lowest BCUT2D eigenvalue weighted by Gasteiger charge is -2.18. The van der Waals surface area contributed by atoms with Crippen molar-refractivity contribution in [3.8, 4) is 0 Å². The van der Waals surface area contributed by atoms with Crippen molar-refractivity contribution in [2.75, 3.05) is 13.2 Å². The van der Waals surface area contributed by atoms with Gasteiger partial charge in [0.25, 0.3) is 0 Å². The molecule has 2 heterocycles. The van der Waals surface area contributed by atoms with Gasteiger partial charge in [-0.2, -0.15) is 4.98 Å². The second-order valence-electron chi connectivity index (χ2n) is 4.65. The molecular formula is C11H19N3O2. The summed E-state index contributed by atoms with van der Waals surface area (Å²) in [5, 5.41) is 4.02. The predicted octanol–water partition coefficient (Wildman–Crippen LogP) is 1.62. The summed E-state index contributed by atoms with van der Waals surface area (Å²) in [5.41, 5.74) is 5.96. The molecule has 1 aromatic rings. The smallest absolute Gasteiger partial charge is 0.243 e. The molecule has 1 aliphatic rings. The number of ether oxygens (including phenoxy) is 1. The van der Waals surface area contributed by atoms with Crippen LogP contribution in [-0.4, -0.2) is 23.4 Å². The van der Waals surface area contributed by atoms with Crippen LogP contribution in [-0.2, 0) is 4.74 Å². The van der Waals surface area contributed by atoms with Gasteiger partial charge in [-0.05, 0) is 18.8 Å². The van der Waals surface area contributed by atoms with Crippen molar-refractivity contribution in [2.45, 2.75) is 38.6 Å². The van der Waals surface area contributed by atoms with E-state index in [2.05, 4.69) is 10.1 Å². The van der Waals surface area contributed by atoms with Gasteiger partial charge in [0.15, 0.2) is 5.82 Å². The summed E-state index contributed by atoms with van der Waals surface area (Å²) in [4.78, 5) is 4.40. The van der Waals surface area contributed by atoms with Crippen LogP contribution in [0.3, 0.4) is 0 Å². The average Bonchev–Trinajstić information content (AvgIpc) is 2.78. The summed E-state index contributed by atoms with van der Waals surface area (Å²) >= 11 is 0. The van der Waals surface area contributed by atoms with Gasteiger partial charge >= 0.3 is 0 Å². The molecule has 1 atom stereocenters. The fourth-order valence-corrected chi connectivity index (χ4v) is 1.79. The van der Waals surface area contributed by atoms with Crippen LogP contribution in [0.4, 0.5) is 0 Å². The summed E-state index contributed by atoms with van der Waals surface area (Å²) in [5.74, 6) is 2.01. The Labute approximate surface area is 95.3 Å². The molecule has 90 valence electrons. The maximum Gasteiger partial charge on any atom is 0.243 e. The van der Waals surface area contributed by atoms with Crippen LogP contribution >= 0.6 is 0 Å². The van der Waals surface area contributed by atoms with Gasteiger partial charge in [0.05, 0.1) is 6.04 Å². The largest absolute Gasteiger partial charge is 0.381 e. The summed E-state index contributed by atoms with van der Waals surface area (Å²) in [7, 11) is 0. The standard InChI is InChI=1S/C11H19N3O2/c1-7(2)9(12)11-13-10(14-16-11)8-3-5-15-6-4-8/h7-9H,3-6,12H2,1-2H3/t9-/m1/s1. The maximum atomic E-state index is 5.96. The minimum absolute atomic E-state index is 0.166. The number of nitrogens with two attached hydrogens (primary N) is 1. The van der Waals surface area contributed by atoms with Gasteiger partial charge in [0, 0.05) is 19.1 Å². The zero-order chi connectivity index (χ0) is 11.5. The van der Waals surface area contributed by atoms with Crippen molar-refractivity contribution in [2.24, 2.45) is 11.7 Å². The average molecular weight is 225 g/mol. The summed E-state index contributed by atoms with van der Waals surface area (Å²) < 4.78 is 10.5. The van der Waals surface area contributed by atoms with Gasteiger partial charge < -0.3 is 15.0 Å². The Balaban J connectivity index is 2.06. The molecular weight excluding hydrogens is 206 g/mol. The molecule has 1 fully saturated rings. The molecule has 1 saturated heterocycles. The van der Waals surface area contributed by atoms with E-state index in [1.54, 1.807) is 0 Å². The van der Waals surface area contributed by atoms with Crippen LogP contribution < -0.4 is 5.73 Å². The highest BCUT2D eigenvalue weighted by atomic mass is 16.5. The van der Waals surface area contributed by atoms with Crippen molar-refractivity contribution in [3.63, 3.8) is 0 Å². The molecule has 5 nitrogen and oxygen atoms in total. The van der Waals surface area contributed by atoms with Crippen molar-refractivity contribution < 1.29 is 9.26 Å². The Bertz CT molecular complexity index is 332. The van der Waals surface area contributed by atoms with Gasteiger partial charge in [-0.15, -0.1) is 0 Å². The predicted molar refractivity (Wildman–Crippen MR) is 58.9 cm³/mol. The molecule has 5 heteroatoms. The van der Waals surface area contributed by atoms with E-state index in [-0.39, 0.29) is 6.04 Å². The van der Waals surface area contributed by atoms with Crippen molar-refractivity contribution in [1.29, 1.82) is 0 Å². The molecule has 0 unspecified atom stereocenters. The van der Waals surface area contributed by atoms with Crippen LogP contribution in [0.5, 0.6) is 0 Å². The molecule has 0 radical (unpaired) electrons. The lowest BCUT2D eigenvalue weighted by molar-refractivity contribution is 0.0830. The fourth-order valence-electron chi connectivity index (χ4n) is 1.79. The second kappa shape index (κ2) is 4.93. The Morgan fingerprint density at radius 1 is 1.31 bits per heavy atom. The van der Waals surface area contributed by atoms with Crippen molar-refractivity contribution in [1.82, 2.24) is 10.1 Å². The minimum Gasteiger partial charge on any atom is -0.381 e. The number of nitrogens with zero attached hydrogens (tertiary/aromatic N) is 2. The van der Waals surface area contributed by atoms with E-state index in [1.807, 2.05) is 13.8 Å². The first-order chi connectivity index (χ1) is 7.68. The quantitative estimate of drug-likeness (QED) is 0.846. The van der Waals surface area contributed by atoms with Crippen LogP contribution in [0.15, 0.2) is 4.52 Å². The van der Waals surface area contributed by atoms with Crippen LogP contribution in [0.2, 0.25) is 0 Å². The van der Waals surface area contributed by atoms with E-state index in [0.717, 1.165) is 31.9 Å². The highest BCUT2D eigenvalue weighted by Gasteiger charge is 2.24. The topological polar surface area (TPSA) is 74.2 Å². The molecule has 0 amide bonds. The summed E-state index contributed by atoms with van der Waals surface area (Å²) in [6.07, 6.45) is 1.94. The maximum absolute atomic E-state index is 5.96. The molecule has 2 rings (SSSR count). The number of hydrogen-bond acceptors (Lipinski definition) is 5. The lowest BCUT2D eigenvalue weighted by Crippen LogP contribution is -2.18. The van der Waals surface area contributed by atoms with Gasteiger partial charge in [-0.3, -0.25) is 0 Å². The van der Waals surface area contributed by atoms with E-state index in [4.69, 9.17) is 15.0 Å². The number of hydrogen-bond donors (Lipinski definition) is 1. The van der Waals surface area contributed by atoms with Gasteiger partial charge in [-0.1, -0.05) is 19.0 Å². The highest BCUT2D eigenvalue weighted by molar-refractivity contribution is 4.99. The van der Waals surface area contributed by atoms with E-state index < -0.39 is 0 Å². The number of aromatic nitrogens is 2. The first-order valence-corrected chi connectivity index (χ1v) is 5.85. The fraction of sp³-hybridized carbons (Fsp3) is 0.818. The molecule has 0 bridgehead atoms. The zero-order valence-electron chi connectivity index (χ0n) is 9.85. The molecule has 16 heavy (non-hydrogen) atoms. The summed E-state index contributed by atoms with van der Waals surface area (Å²) in [6, 6.07) is -0.166. The Morgan fingerprint density at radius 2 is 2.00 bits per heavy atom. The first-order valence-electron chi connectivity index (χ1n) is 5.85. The number of rotatable bonds is 3. The Kier molecular flexibility index (Phi) is 3.56. The van der Waals surface area contributed by atoms with Crippen LogP contribution in [0, 0.1) is 5.92 Å². The molecule has 0 saturated carbocycles. The van der Waals surface area contributed by atoms with Gasteiger partial charge in [0.1, 0.15) is 0 Å². The van der Waals surface area contributed by atoms with E-state index in [9.17, 15) is 0 Å². The van der Waals surface area contributed by atoms with Crippen LogP contribution in [0.25, 0.3) is 0 Å². The minimum atomic E-state index is -0.166. The SMILES string of the molecule is CC(C)[C@@H](N)c1nc(C2CCOCC2)no1. The monoisotopic (exact) mass is 225 g/mol. The van der Waals surface area contributed by atoms with Crippen LogP contribution in [0.1, 0.15) is 50.4 Å². The third-order valence-corrected chi connectivity index (χ3v) is 3.05. The van der Waals surface area contributed by atoms with Gasteiger partial charge in [0.2, 0.25) is 5.89 Å². The first kappa shape index (κ1) is 11.5.